The summed E-state index contributed by atoms with van der Waals surface area (Å²) in [7, 11) is -1.26. The Bertz CT molecular complexity index is 1060. The summed E-state index contributed by atoms with van der Waals surface area (Å²) in [4.78, 5) is 15.2. The second-order valence-electron chi connectivity index (χ2n) is 9.40. The first-order valence-corrected chi connectivity index (χ1v) is 13.8. The summed E-state index contributed by atoms with van der Waals surface area (Å²) < 4.78 is 26.8. The molecule has 0 spiro atoms. The maximum atomic E-state index is 12.7. The van der Waals surface area contributed by atoms with E-state index in [0.717, 1.165) is 25.1 Å². The Morgan fingerprint density at radius 2 is 1.65 bits per heavy atom. The first-order valence-electron chi connectivity index (χ1n) is 12.4. The quantitative estimate of drug-likeness (QED) is 0.555. The van der Waals surface area contributed by atoms with Crippen molar-refractivity contribution in [2.45, 2.75) is 62.4 Å². The van der Waals surface area contributed by atoms with Crippen LogP contribution in [0.15, 0.2) is 53.4 Å². The van der Waals surface area contributed by atoms with Crippen LogP contribution in [0.4, 0.5) is 11.4 Å². The molecule has 2 aromatic carbocycles. The lowest BCUT2D eigenvalue weighted by Crippen LogP contribution is -2.33. The van der Waals surface area contributed by atoms with Gasteiger partial charge in [-0.25, -0.2) is 8.42 Å². The molecule has 2 fully saturated rings. The van der Waals surface area contributed by atoms with Gasteiger partial charge in [0, 0.05) is 37.1 Å². The van der Waals surface area contributed by atoms with Crippen LogP contribution in [0.1, 0.15) is 50.5 Å². The van der Waals surface area contributed by atoms with E-state index in [0.29, 0.717) is 24.8 Å². The molecule has 1 aliphatic heterocycles. The van der Waals surface area contributed by atoms with Crippen LogP contribution < -0.4 is 10.6 Å². The zero-order chi connectivity index (χ0) is 24.0. The molecule has 0 unspecified atom stereocenters. The normalized spacial score (nSPS) is 17.7. The first-order chi connectivity index (χ1) is 16.4. The highest BCUT2D eigenvalue weighted by Gasteiger charge is 2.27. The van der Waals surface area contributed by atoms with Crippen LogP contribution in [-0.4, -0.2) is 56.3 Å². The Hall–Kier alpha value is -2.42. The molecule has 1 saturated carbocycles. The second kappa shape index (κ2) is 11.3. The Morgan fingerprint density at radius 1 is 0.971 bits per heavy atom. The fourth-order valence-corrected chi connectivity index (χ4v) is 6.44. The molecule has 1 aliphatic carbocycles. The van der Waals surface area contributed by atoms with Gasteiger partial charge in [0.1, 0.15) is 0 Å². The predicted octanol–water partition coefficient (Wildman–Crippen LogP) is 4.29. The van der Waals surface area contributed by atoms with E-state index in [2.05, 4.69) is 28.6 Å². The molecule has 4 rings (SSSR count). The molecule has 7 nitrogen and oxygen atoms in total. The van der Waals surface area contributed by atoms with Gasteiger partial charge in [-0.3, -0.25) is 9.69 Å². The second-order valence-corrected chi connectivity index (χ2v) is 11.3. The molecule has 8 heteroatoms. The molecule has 2 aromatic rings. The number of nitrogens with zero attached hydrogens (tertiary/aromatic N) is 2. The summed E-state index contributed by atoms with van der Waals surface area (Å²) in [5.74, 6) is -0.175. The minimum absolute atomic E-state index is 0.137. The van der Waals surface area contributed by atoms with Gasteiger partial charge in [0.15, 0.2) is 0 Å². The third-order valence-electron chi connectivity index (χ3n) is 6.92. The molecule has 0 bridgehead atoms. The van der Waals surface area contributed by atoms with Crippen LogP contribution >= 0.6 is 0 Å². The Morgan fingerprint density at radius 3 is 2.35 bits per heavy atom. The topological polar surface area (TPSA) is 81.8 Å². The van der Waals surface area contributed by atoms with Crippen molar-refractivity contribution in [3.05, 3.63) is 54.1 Å². The lowest BCUT2D eigenvalue weighted by molar-refractivity contribution is -0.114. The number of amides is 1. The number of anilines is 2. The van der Waals surface area contributed by atoms with Gasteiger partial charge in [-0.05, 0) is 68.6 Å². The van der Waals surface area contributed by atoms with Crippen LogP contribution in [-0.2, 0) is 21.4 Å². The molecule has 34 heavy (non-hydrogen) atoms. The van der Waals surface area contributed by atoms with E-state index in [1.807, 2.05) is 18.2 Å². The van der Waals surface area contributed by atoms with E-state index < -0.39 is 10.0 Å². The van der Waals surface area contributed by atoms with Gasteiger partial charge < -0.3 is 10.6 Å². The molecule has 1 amide bonds. The molecule has 1 saturated heterocycles. The van der Waals surface area contributed by atoms with Crippen LogP contribution in [0.25, 0.3) is 0 Å². The number of para-hydroxylation sites is 1. The van der Waals surface area contributed by atoms with Crippen LogP contribution in [0.5, 0.6) is 0 Å². The summed E-state index contributed by atoms with van der Waals surface area (Å²) in [5.41, 5.74) is 2.73. The van der Waals surface area contributed by atoms with Crippen molar-refractivity contribution in [3.8, 4) is 0 Å². The number of hydrogen-bond donors (Lipinski definition) is 2. The number of carbonyl (C=O) groups is 1. The fourth-order valence-electron chi connectivity index (χ4n) is 4.92. The molecule has 184 valence electrons. The minimum atomic E-state index is -3.45. The predicted molar refractivity (Wildman–Crippen MR) is 136 cm³/mol. The van der Waals surface area contributed by atoms with Gasteiger partial charge in [0.05, 0.1) is 11.4 Å². The molecule has 2 aliphatic rings. The van der Waals surface area contributed by atoms with Gasteiger partial charge in [0.2, 0.25) is 15.9 Å². The third kappa shape index (κ3) is 6.17. The fraction of sp³-hybridized carbons (Fsp3) is 0.500. The van der Waals surface area contributed by atoms with Crippen LogP contribution in [0.2, 0.25) is 0 Å². The molecular formula is C26H36N4O3S. The highest BCUT2D eigenvalue weighted by molar-refractivity contribution is 7.89. The smallest absolute Gasteiger partial charge is 0.243 e. The Balaban J connectivity index is 1.31. The highest BCUT2D eigenvalue weighted by Crippen LogP contribution is 2.25. The van der Waals surface area contributed by atoms with E-state index in [1.54, 1.807) is 24.3 Å². The average Bonchev–Trinajstić information content (AvgIpc) is 3.40. The number of sulfonamides is 1. The zero-order valence-electron chi connectivity index (χ0n) is 20.0. The van der Waals surface area contributed by atoms with Gasteiger partial charge in [-0.15, -0.1) is 0 Å². The van der Waals surface area contributed by atoms with Crippen molar-refractivity contribution in [3.63, 3.8) is 0 Å². The monoisotopic (exact) mass is 484 g/mol. The van der Waals surface area contributed by atoms with Gasteiger partial charge >= 0.3 is 0 Å². The molecule has 2 N–H and O–H groups in total. The first kappa shape index (κ1) is 24.7. The summed E-state index contributed by atoms with van der Waals surface area (Å²) in [5, 5.41) is 6.13. The van der Waals surface area contributed by atoms with E-state index in [-0.39, 0.29) is 17.3 Å². The number of carbonyl (C=O) groups excluding carboxylic acids is 1. The van der Waals surface area contributed by atoms with Gasteiger partial charge in [0.25, 0.3) is 0 Å². The molecular weight excluding hydrogens is 448 g/mol. The summed E-state index contributed by atoms with van der Waals surface area (Å²) in [6, 6.07) is 15.2. The van der Waals surface area contributed by atoms with Crippen molar-refractivity contribution in [2.24, 2.45) is 0 Å². The number of benzene rings is 2. The highest BCUT2D eigenvalue weighted by atomic mass is 32.2. The van der Waals surface area contributed by atoms with E-state index in [4.69, 9.17) is 0 Å². The lowest BCUT2D eigenvalue weighted by Gasteiger charge is -2.31. The standard InChI is InChI=1S/C26H36N4O3S/c1-29(23-10-3-2-4-11-23)20-21-9-5-6-12-25(21)27-19-26(31)28-22-13-15-24(16-14-22)34(32,33)30-17-7-8-18-30/h5-6,9,12-16,23,27H,2-4,7-8,10-11,17-20H2,1H3,(H,28,31). The summed E-state index contributed by atoms with van der Waals surface area (Å²) in [6.07, 6.45) is 8.27. The number of hydrogen-bond acceptors (Lipinski definition) is 5. The van der Waals surface area contributed by atoms with E-state index in [9.17, 15) is 13.2 Å². The van der Waals surface area contributed by atoms with Crippen molar-refractivity contribution in [2.75, 3.05) is 37.3 Å². The molecule has 0 radical (unpaired) electrons. The van der Waals surface area contributed by atoms with Crippen LogP contribution in [0, 0.1) is 0 Å². The van der Waals surface area contributed by atoms with Crippen molar-refractivity contribution < 1.29 is 13.2 Å². The van der Waals surface area contributed by atoms with E-state index in [1.165, 1.54) is 42.0 Å². The van der Waals surface area contributed by atoms with E-state index >= 15 is 0 Å². The molecule has 0 atom stereocenters. The number of nitrogens with one attached hydrogen (secondary N) is 2. The van der Waals surface area contributed by atoms with Gasteiger partial charge in [-0.1, -0.05) is 37.5 Å². The minimum Gasteiger partial charge on any atom is -0.376 e. The maximum absolute atomic E-state index is 12.7. The largest absolute Gasteiger partial charge is 0.376 e. The summed E-state index contributed by atoms with van der Waals surface area (Å²) in [6.45, 7) is 2.13. The van der Waals surface area contributed by atoms with Crippen molar-refractivity contribution in [1.29, 1.82) is 0 Å². The van der Waals surface area contributed by atoms with Crippen LogP contribution in [0.3, 0.4) is 0 Å². The Kier molecular flexibility index (Phi) is 8.24. The SMILES string of the molecule is CN(Cc1ccccc1NCC(=O)Nc1ccc(S(=O)(=O)N2CCCC2)cc1)C1CCCCC1. The Labute approximate surface area is 203 Å². The molecule has 0 aromatic heterocycles. The van der Waals surface area contributed by atoms with Crippen molar-refractivity contribution in [1.82, 2.24) is 9.21 Å². The molecule has 1 heterocycles. The summed E-state index contributed by atoms with van der Waals surface area (Å²) >= 11 is 0. The lowest BCUT2D eigenvalue weighted by atomic mass is 9.94. The number of rotatable bonds is 9. The van der Waals surface area contributed by atoms with Crippen molar-refractivity contribution >= 4 is 27.3 Å². The third-order valence-corrected chi connectivity index (χ3v) is 8.83. The average molecular weight is 485 g/mol. The zero-order valence-corrected chi connectivity index (χ0v) is 20.8. The maximum Gasteiger partial charge on any atom is 0.243 e. The van der Waals surface area contributed by atoms with Gasteiger partial charge in [-0.2, -0.15) is 4.31 Å².